The Balaban J connectivity index is 3.80. The standard InChI is InChI=1S/C11H20O4/c1-8(6-10(12)14-3)5-9(2)7-11(13)15-4/h8-9H,5-7H2,1-4H3. The largest absolute Gasteiger partial charge is 0.469 e. The van der Waals surface area contributed by atoms with E-state index < -0.39 is 0 Å². The summed E-state index contributed by atoms with van der Waals surface area (Å²) in [6, 6.07) is 0. The molecule has 2 atom stereocenters. The number of rotatable bonds is 6. The highest BCUT2D eigenvalue weighted by atomic mass is 16.5. The van der Waals surface area contributed by atoms with Gasteiger partial charge in [-0.15, -0.1) is 0 Å². The highest BCUT2D eigenvalue weighted by Crippen LogP contribution is 2.18. The summed E-state index contributed by atoms with van der Waals surface area (Å²) in [7, 11) is 2.76. The molecule has 0 spiro atoms. The summed E-state index contributed by atoms with van der Waals surface area (Å²) in [6.45, 7) is 3.95. The molecule has 4 heteroatoms. The molecule has 0 saturated heterocycles. The minimum absolute atomic E-state index is 0.201. The van der Waals surface area contributed by atoms with Crippen LogP contribution in [0.15, 0.2) is 0 Å². The Bertz CT molecular complexity index is 191. The van der Waals surface area contributed by atoms with Gasteiger partial charge >= 0.3 is 11.9 Å². The SMILES string of the molecule is COC(=O)CC(C)CC(C)CC(=O)OC. The van der Waals surface area contributed by atoms with E-state index in [2.05, 4.69) is 9.47 Å². The third kappa shape index (κ3) is 6.94. The van der Waals surface area contributed by atoms with E-state index in [-0.39, 0.29) is 23.8 Å². The van der Waals surface area contributed by atoms with Crippen LogP contribution in [0.4, 0.5) is 0 Å². The zero-order chi connectivity index (χ0) is 11.8. The van der Waals surface area contributed by atoms with E-state index in [0.717, 1.165) is 6.42 Å². The second-order valence-electron chi connectivity index (χ2n) is 4.01. The molecule has 0 amide bonds. The lowest BCUT2D eigenvalue weighted by Gasteiger charge is -2.15. The zero-order valence-corrected chi connectivity index (χ0v) is 9.91. The van der Waals surface area contributed by atoms with Crippen molar-refractivity contribution in [2.75, 3.05) is 14.2 Å². The van der Waals surface area contributed by atoms with E-state index in [1.54, 1.807) is 0 Å². The number of esters is 2. The van der Waals surface area contributed by atoms with E-state index in [0.29, 0.717) is 12.8 Å². The molecule has 0 N–H and O–H groups in total. The number of carbonyl (C=O) groups excluding carboxylic acids is 2. The Morgan fingerprint density at radius 3 is 1.53 bits per heavy atom. The normalized spacial score (nSPS) is 14.1. The maximum Gasteiger partial charge on any atom is 0.305 e. The van der Waals surface area contributed by atoms with Gasteiger partial charge in [-0.3, -0.25) is 9.59 Å². The summed E-state index contributed by atoms with van der Waals surface area (Å²) < 4.78 is 9.15. The van der Waals surface area contributed by atoms with Gasteiger partial charge in [-0.05, 0) is 18.3 Å². The molecular formula is C11H20O4. The molecule has 0 aliphatic rings. The first-order chi connectivity index (χ1) is 6.99. The summed E-state index contributed by atoms with van der Waals surface area (Å²) in [5.74, 6) is 0.0646. The molecular weight excluding hydrogens is 196 g/mol. The molecule has 0 bridgehead atoms. The average Bonchev–Trinajstić information content (AvgIpc) is 2.16. The maximum atomic E-state index is 11.0. The number of hydrogen-bond donors (Lipinski definition) is 0. The van der Waals surface area contributed by atoms with Gasteiger partial charge in [-0.1, -0.05) is 13.8 Å². The average molecular weight is 216 g/mol. The van der Waals surface area contributed by atoms with Gasteiger partial charge in [-0.2, -0.15) is 0 Å². The molecule has 0 aromatic rings. The summed E-state index contributed by atoms with van der Waals surface area (Å²) in [5.41, 5.74) is 0. The lowest BCUT2D eigenvalue weighted by molar-refractivity contribution is -0.141. The summed E-state index contributed by atoms with van der Waals surface area (Å²) in [5, 5.41) is 0. The Kier molecular flexibility index (Phi) is 6.75. The molecule has 0 saturated carbocycles. The van der Waals surface area contributed by atoms with Crippen LogP contribution in [0.3, 0.4) is 0 Å². The van der Waals surface area contributed by atoms with Crippen LogP contribution < -0.4 is 0 Å². The molecule has 2 unspecified atom stereocenters. The maximum absolute atomic E-state index is 11.0. The molecule has 4 nitrogen and oxygen atoms in total. The van der Waals surface area contributed by atoms with Crippen LogP contribution in [0.25, 0.3) is 0 Å². The fourth-order valence-electron chi connectivity index (χ4n) is 1.59. The Labute approximate surface area is 90.9 Å². The quantitative estimate of drug-likeness (QED) is 0.635. The van der Waals surface area contributed by atoms with Crippen molar-refractivity contribution in [2.45, 2.75) is 33.1 Å². The predicted molar refractivity (Wildman–Crippen MR) is 56.2 cm³/mol. The van der Waals surface area contributed by atoms with E-state index in [9.17, 15) is 9.59 Å². The van der Waals surface area contributed by atoms with Gasteiger partial charge in [-0.25, -0.2) is 0 Å². The predicted octanol–water partition coefficient (Wildman–Crippen LogP) is 1.77. The number of methoxy groups -OCH3 is 2. The van der Waals surface area contributed by atoms with Gasteiger partial charge in [0.1, 0.15) is 0 Å². The molecule has 0 aliphatic heterocycles. The van der Waals surface area contributed by atoms with Crippen molar-refractivity contribution in [2.24, 2.45) is 11.8 Å². The lowest BCUT2D eigenvalue weighted by Crippen LogP contribution is -2.13. The van der Waals surface area contributed by atoms with E-state index in [4.69, 9.17) is 0 Å². The van der Waals surface area contributed by atoms with E-state index in [1.807, 2.05) is 13.8 Å². The fourth-order valence-corrected chi connectivity index (χ4v) is 1.59. The zero-order valence-electron chi connectivity index (χ0n) is 9.91. The van der Waals surface area contributed by atoms with Crippen LogP contribution in [0, 0.1) is 11.8 Å². The van der Waals surface area contributed by atoms with Crippen molar-refractivity contribution in [1.29, 1.82) is 0 Å². The van der Waals surface area contributed by atoms with Crippen LogP contribution >= 0.6 is 0 Å². The Morgan fingerprint density at radius 1 is 0.933 bits per heavy atom. The molecule has 0 heterocycles. The Hall–Kier alpha value is -1.06. The van der Waals surface area contributed by atoms with Crippen LogP contribution in [0.1, 0.15) is 33.1 Å². The summed E-state index contributed by atoms with van der Waals surface area (Å²) >= 11 is 0. The van der Waals surface area contributed by atoms with Crippen LogP contribution in [-0.4, -0.2) is 26.2 Å². The van der Waals surface area contributed by atoms with Crippen molar-refractivity contribution < 1.29 is 19.1 Å². The second-order valence-corrected chi connectivity index (χ2v) is 4.01. The first kappa shape index (κ1) is 13.9. The molecule has 0 radical (unpaired) electrons. The first-order valence-corrected chi connectivity index (χ1v) is 5.13. The molecule has 15 heavy (non-hydrogen) atoms. The summed E-state index contributed by atoms with van der Waals surface area (Å²) in [4.78, 5) is 21.9. The first-order valence-electron chi connectivity index (χ1n) is 5.13. The highest BCUT2D eigenvalue weighted by Gasteiger charge is 2.15. The van der Waals surface area contributed by atoms with Gasteiger partial charge in [0.2, 0.25) is 0 Å². The lowest BCUT2D eigenvalue weighted by atomic mass is 9.93. The van der Waals surface area contributed by atoms with Gasteiger partial charge in [0.15, 0.2) is 0 Å². The van der Waals surface area contributed by atoms with Gasteiger partial charge in [0.25, 0.3) is 0 Å². The van der Waals surface area contributed by atoms with Crippen molar-refractivity contribution in [3.63, 3.8) is 0 Å². The number of hydrogen-bond acceptors (Lipinski definition) is 4. The van der Waals surface area contributed by atoms with Gasteiger partial charge < -0.3 is 9.47 Å². The monoisotopic (exact) mass is 216 g/mol. The highest BCUT2D eigenvalue weighted by molar-refractivity contribution is 5.70. The second kappa shape index (κ2) is 7.26. The molecule has 0 aromatic carbocycles. The molecule has 88 valence electrons. The van der Waals surface area contributed by atoms with Gasteiger partial charge in [0, 0.05) is 12.8 Å². The third-order valence-corrected chi connectivity index (χ3v) is 2.29. The fraction of sp³-hybridized carbons (Fsp3) is 0.818. The number of ether oxygens (including phenoxy) is 2. The smallest absolute Gasteiger partial charge is 0.305 e. The van der Waals surface area contributed by atoms with Crippen molar-refractivity contribution >= 4 is 11.9 Å². The van der Waals surface area contributed by atoms with E-state index >= 15 is 0 Å². The molecule has 0 aliphatic carbocycles. The van der Waals surface area contributed by atoms with Crippen LogP contribution in [0.2, 0.25) is 0 Å². The topological polar surface area (TPSA) is 52.6 Å². The minimum atomic E-state index is -0.201. The summed E-state index contributed by atoms with van der Waals surface area (Å²) in [6.07, 6.45) is 1.63. The minimum Gasteiger partial charge on any atom is -0.469 e. The van der Waals surface area contributed by atoms with E-state index in [1.165, 1.54) is 14.2 Å². The third-order valence-electron chi connectivity index (χ3n) is 2.29. The van der Waals surface area contributed by atoms with Crippen molar-refractivity contribution in [3.8, 4) is 0 Å². The van der Waals surface area contributed by atoms with Crippen LogP contribution in [-0.2, 0) is 19.1 Å². The molecule has 0 aromatic heterocycles. The molecule has 0 rings (SSSR count). The van der Waals surface area contributed by atoms with Crippen molar-refractivity contribution in [3.05, 3.63) is 0 Å². The van der Waals surface area contributed by atoms with Crippen molar-refractivity contribution in [1.82, 2.24) is 0 Å². The molecule has 0 fully saturated rings. The Morgan fingerprint density at radius 2 is 1.27 bits per heavy atom. The van der Waals surface area contributed by atoms with Gasteiger partial charge in [0.05, 0.1) is 14.2 Å². The number of carbonyl (C=O) groups is 2. The van der Waals surface area contributed by atoms with Crippen LogP contribution in [0.5, 0.6) is 0 Å².